The number of amides is 3. The van der Waals surface area contributed by atoms with Gasteiger partial charge in [0.05, 0.1) is 5.92 Å². The van der Waals surface area contributed by atoms with Crippen LogP contribution in [0.5, 0.6) is 0 Å². The largest absolute Gasteiger partial charge is 0.338 e. The van der Waals surface area contributed by atoms with Crippen LogP contribution < -0.4 is 16.2 Å². The Labute approximate surface area is 172 Å². The van der Waals surface area contributed by atoms with Crippen molar-refractivity contribution in [3.8, 4) is 0 Å². The van der Waals surface area contributed by atoms with Crippen LogP contribution in [-0.4, -0.2) is 34.3 Å². The lowest BCUT2D eigenvalue weighted by Gasteiger charge is -2.17. The third-order valence-electron chi connectivity index (χ3n) is 4.43. The number of benzene rings is 2. The second-order valence-electron chi connectivity index (χ2n) is 6.57. The summed E-state index contributed by atoms with van der Waals surface area (Å²) < 4.78 is 12.9. The van der Waals surface area contributed by atoms with Gasteiger partial charge in [-0.1, -0.05) is 30.3 Å². The highest BCUT2D eigenvalue weighted by atomic mass is 32.1. The molecule has 3 N–H and O–H groups in total. The third kappa shape index (κ3) is 5.58. The zero-order chi connectivity index (χ0) is 20.8. The van der Waals surface area contributed by atoms with Gasteiger partial charge in [0, 0.05) is 25.1 Å². The summed E-state index contributed by atoms with van der Waals surface area (Å²) in [5.74, 6) is -2.01. The Morgan fingerprint density at radius 2 is 1.76 bits per heavy atom. The van der Waals surface area contributed by atoms with Gasteiger partial charge in [-0.3, -0.25) is 30.6 Å². The molecule has 3 rings (SSSR count). The average molecular weight is 414 g/mol. The highest BCUT2D eigenvalue weighted by Crippen LogP contribution is 2.20. The Morgan fingerprint density at radius 1 is 1.07 bits per heavy atom. The maximum absolute atomic E-state index is 12.9. The predicted octanol–water partition coefficient (Wildman–Crippen LogP) is 1.51. The molecule has 2 aromatic rings. The van der Waals surface area contributed by atoms with E-state index in [1.165, 1.54) is 12.1 Å². The van der Waals surface area contributed by atoms with Gasteiger partial charge in [0.25, 0.3) is 5.91 Å². The minimum Gasteiger partial charge on any atom is -0.338 e. The molecule has 2 aromatic carbocycles. The van der Waals surface area contributed by atoms with Gasteiger partial charge in [-0.2, -0.15) is 0 Å². The molecule has 1 aliphatic rings. The Hall–Kier alpha value is -3.33. The van der Waals surface area contributed by atoms with Crippen LogP contribution in [0.15, 0.2) is 54.6 Å². The number of likely N-dealkylation sites (tertiary alicyclic amines) is 1. The summed E-state index contributed by atoms with van der Waals surface area (Å²) in [4.78, 5) is 38.1. The number of halogens is 1. The zero-order valence-electron chi connectivity index (χ0n) is 15.4. The van der Waals surface area contributed by atoms with E-state index in [1.54, 1.807) is 4.90 Å². The van der Waals surface area contributed by atoms with Crippen molar-refractivity contribution in [2.45, 2.75) is 13.0 Å². The van der Waals surface area contributed by atoms with Gasteiger partial charge < -0.3 is 4.90 Å². The molecule has 1 heterocycles. The molecule has 0 bridgehead atoms. The molecule has 1 aliphatic heterocycles. The second-order valence-corrected chi connectivity index (χ2v) is 6.97. The molecule has 0 saturated carbocycles. The lowest BCUT2D eigenvalue weighted by molar-refractivity contribution is -0.129. The average Bonchev–Trinajstić information content (AvgIpc) is 3.08. The van der Waals surface area contributed by atoms with Crippen LogP contribution in [0.3, 0.4) is 0 Å². The number of thiocarbonyl (C=S) groups is 1. The summed E-state index contributed by atoms with van der Waals surface area (Å²) in [6.45, 7) is 0.749. The van der Waals surface area contributed by atoms with Crippen LogP contribution in [0.4, 0.5) is 4.39 Å². The smallest absolute Gasteiger partial charge is 0.257 e. The molecule has 0 aromatic heterocycles. The van der Waals surface area contributed by atoms with Crippen LogP contribution in [-0.2, 0) is 16.1 Å². The van der Waals surface area contributed by atoms with E-state index in [1.807, 2.05) is 30.3 Å². The van der Waals surface area contributed by atoms with Crippen LogP contribution in [0.2, 0.25) is 0 Å². The summed E-state index contributed by atoms with van der Waals surface area (Å²) in [5, 5.41) is 2.27. The quantitative estimate of drug-likeness (QED) is 0.521. The summed E-state index contributed by atoms with van der Waals surface area (Å²) in [6.07, 6.45) is 0.106. The van der Waals surface area contributed by atoms with E-state index in [-0.39, 0.29) is 23.0 Å². The maximum Gasteiger partial charge on any atom is 0.257 e. The topological polar surface area (TPSA) is 90.5 Å². The lowest BCUT2D eigenvalue weighted by atomic mass is 10.1. The van der Waals surface area contributed by atoms with Gasteiger partial charge in [0.1, 0.15) is 5.82 Å². The zero-order valence-corrected chi connectivity index (χ0v) is 16.2. The first-order valence-electron chi connectivity index (χ1n) is 8.91. The summed E-state index contributed by atoms with van der Waals surface area (Å²) in [6, 6.07) is 14.5. The molecule has 0 spiro atoms. The number of hydrazine groups is 1. The van der Waals surface area contributed by atoms with Gasteiger partial charge in [0.15, 0.2) is 5.11 Å². The van der Waals surface area contributed by atoms with Crippen molar-refractivity contribution in [1.82, 2.24) is 21.1 Å². The van der Waals surface area contributed by atoms with E-state index in [9.17, 15) is 18.8 Å². The second kappa shape index (κ2) is 9.24. The van der Waals surface area contributed by atoms with Gasteiger partial charge in [0.2, 0.25) is 11.8 Å². The van der Waals surface area contributed by atoms with E-state index in [0.29, 0.717) is 13.1 Å². The van der Waals surface area contributed by atoms with Gasteiger partial charge in [-0.05, 0) is 42.0 Å². The molecule has 0 radical (unpaired) electrons. The van der Waals surface area contributed by atoms with Crippen molar-refractivity contribution in [1.29, 1.82) is 0 Å². The number of nitrogens with one attached hydrogen (secondary N) is 3. The molecule has 0 aliphatic carbocycles. The number of nitrogens with zero attached hydrogens (tertiary/aromatic N) is 1. The number of carbonyl (C=O) groups excluding carboxylic acids is 3. The minimum absolute atomic E-state index is 0.0961. The third-order valence-corrected chi connectivity index (χ3v) is 4.64. The fraction of sp³-hybridized carbons (Fsp3) is 0.200. The molecule has 7 nitrogen and oxygen atoms in total. The Balaban J connectivity index is 1.45. The number of hydrogen-bond donors (Lipinski definition) is 3. The van der Waals surface area contributed by atoms with Crippen LogP contribution in [0, 0.1) is 11.7 Å². The first-order chi connectivity index (χ1) is 13.9. The summed E-state index contributed by atoms with van der Waals surface area (Å²) in [7, 11) is 0. The monoisotopic (exact) mass is 414 g/mol. The Kier molecular flexibility index (Phi) is 6.50. The fourth-order valence-corrected chi connectivity index (χ4v) is 3.08. The van der Waals surface area contributed by atoms with Crippen molar-refractivity contribution in [3.05, 3.63) is 71.5 Å². The maximum atomic E-state index is 12.9. The number of hydrogen-bond acceptors (Lipinski definition) is 4. The molecule has 3 amide bonds. The van der Waals surface area contributed by atoms with Crippen LogP contribution in [0.25, 0.3) is 0 Å². The lowest BCUT2D eigenvalue weighted by Crippen LogP contribution is -2.50. The van der Waals surface area contributed by atoms with Crippen molar-refractivity contribution in [2.75, 3.05) is 6.54 Å². The SMILES string of the molecule is O=C(NC(=S)NNC(=O)C1CC(=O)N(Cc2ccccc2)C1)c1ccc(F)cc1. The van der Waals surface area contributed by atoms with E-state index in [2.05, 4.69) is 16.2 Å². The standard InChI is InChI=1S/C20H19FN4O3S/c21-16-8-6-14(7-9-16)18(27)22-20(29)24-23-19(28)15-10-17(26)25(12-15)11-13-4-2-1-3-5-13/h1-9,15H,10-12H2,(H,23,28)(H2,22,24,27,29). The highest BCUT2D eigenvalue weighted by Gasteiger charge is 2.34. The fourth-order valence-electron chi connectivity index (χ4n) is 2.93. The molecule has 1 unspecified atom stereocenters. The van der Waals surface area contributed by atoms with Crippen molar-refractivity contribution in [3.63, 3.8) is 0 Å². The van der Waals surface area contributed by atoms with E-state index in [0.717, 1.165) is 17.7 Å². The normalized spacial score (nSPS) is 15.7. The van der Waals surface area contributed by atoms with Gasteiger partial charge >= 0.3 is 0 Å². The van der Waals surface area contributed by atoms with E-state index >= 15 is 0 Å². The molecule has 29 heavy (non-hydrogen) atoms. The molecule has 9 heteroatoms. The van der Waals surface area contributed by atoms with Crippen molar-refractivity contribution >= 4 is 35.1 Å². The number of carbonyl (C=O) groups is 3. The predicted molar refractivity (Wildman–Crippen MR) is 108 cm³/mol. The van der Waals surface area contributed by atoms with Gasteiger partial charge in [-0.25, -0.2) is 4.39 Å². The Morgan fingerprint density at radius 3 is 2.45 bits per heavy atom. The molecule has 1 saturated heterocycles. The first-order valence-corrected chi connectivity index (χ1v) is 9.31. The Bertz CT molecular complexity index is 921. The molecule has 150 valence electrons. The van der Waals surface area contributed by atoms with Gasteiger partial charge in [-0.15, -0.1) is 0 Å². The first kappa shape index (κ1) is 20.4. The van der Waals surface area contributed by atoms with Crippen molar-refractivity contribution in [2.24, 2.45) is 5.92 Å². The summed E-state index contributed by atoms with van der Waals surface area (Å²) in [5.41, 5.74) is 6.07. The molecular formula is C20H19FN4O3S. The summed E-state index contributed by atoms with van der Waals surface area (Å²) >= 11 is 4.97. The minimum atomic E-state index is -0.540. The molecular weight excluding hydrogens is 395 g/mol. The molecule has 1 atom stereocenters. The highest BCUT2D eigenvalue weighted by molar-refractivity contribution is 7.80. The van der Waals surface area contributed by atoms with Crippen molar-refractivity contribution < 1.29 is 18.8 Å². The van der Waals surface area contributed by atoms with E-state index in [4.69, 9.17) is 12.2 Å². The van der Waals surface area contributed by atoms with Crippen LogP contribution >= 0.6 is 12.2 Å². The number of rotatable bonds is 4. The van der Waals surface area contributed by atoms with Crippen LogP contribution in [0.1, 0.15) is 22.3 Å². The van der Waals surface area contributed by atoms with E-state index < -0.39 is 23.5 Å². The molecule has 1 fully saturated rings.